The first-order valence-corrected chi connectivity index (χ1v) is 9.41. The highest BCUT2D eigenvalue weighted by molar-refractivity contribution is 5.85. The number of aromatic nitrogens is 6. The zero-order valence-electron chi connectivity index (χ0n) is 15.2. The molecular weight excluding hydrogens is 344 g/mol. The van der Waals surface area contributed by atoms with Gasteiger partial charge in [0.2, 0.25) is 5.91 Å². The van der Waals surface area contributed by atoms with Crippen LogP contribution in [0.2, 0.25) is 0 Å². The van der Waals surface area contributed by atoms with E-state index >= 15 is 0 Å². The van der Waals surface area contributed by atoms with Gasteiger partial charge in [-0.25, -0.2) is 4.98 Å². The van der Waals surface area contributed by atoms with Crippen molar-refractivity contribution in [3.05, 3.63) is 36.2 Å². The third kappa shape index (κ3) is 2.83. The van der Waals surface area contributed by atoms with Crippen molar-refractivity contribution in [1.82, 2.24) is 34.7 Å². The first-order valence-electron chi connectivity index (χ1n) is 9.41. The summed E-state index contributed by atoms with van der Waals surface area (Å²) in [5.41, 5.74) is 2.64. The minimum atomic E-state index is -0.264. The molecule has 1 fully saturated rings. The Labute approximate surface area is 156 Å². The number of rotatable bonds is 3. The van der Waals surface area contributed by atoms with E-state index in [1.807, 2.05) is 23.7 Å². The van der Waals surface area contributed by atoms with Crippen molar-refractivity contribution in [2.75, 3.05) is 11.4 Å². The van der Waals surface area contributed by atoms with Gasteiger partial charge >= 0.3 is 0 Å². The van der Waals surface area contributed by atoms with Crippen LogP contribution in [0.4, 0.5) is 5.82 Å². The summed E-state index contributed by atoms with van der Waals surface area (Å²) >= 11 is 0. The molecule has 0 bridgehead atoms. The molecule has 1 N–H and O–H groups in total. The molecule has 1 atom stereocenters. The molecule has 1 aliphatic heterocycles. The molecule has 140 valence electrons. The van der Waals surface area contributed by atoms with Gasteiger partial charge < -0.3 is 14.8 Å². The van der Waals surface area contributed by atoms with E-state index in [4.69, 9.17) is 0 Å². The number of amides is 1. The van der Waals surface area contributed by atoms with E-state index in [9.17, 15) is 4.79 Å². The average Bonchev–Trinajstić information content (AvgIpc) is 3.42. The van der Waals surface area contributed by atoms with Crippen LogP contribution in [0.1, 0.15) is 43.0 Å². The van der Waals surface area contributed by atoms with Crippen molar-refractivity contribution in [2.24, 2.45) is 7.05 Å². The Morgan fingerprint density at radius 3 is 2.93 bits per heavy atom. The standard InChI is InChI=1S/C18H22N8O/c1-24-10-19-14-9-25(16-7-6-15-22-20-11-26(15)23-16)8-13(17(14)24)18(27)21-12-4-2-3-5-12/h6-7,10-13H,2-5,8-9H2,1H3,(H,21,27). The SMILES string of the molecule is Cn1cnc2c1C(C(=O)NC1CCCC1)CN(c1ccc3nncn3n1)C2. The van der Waals surface area contributed by atoms with Gasteiger partial charge in [-0.2, -0.15) is 4.52 Å². The van der Waals surface area contributed by atoms with E-state index in [0.29, 0.717) is 24.8 Å². The fraction of sp³-hybridized carbons (Fsp3) is 0.500. The van der Waals surface area contributed by atoms with E-state index < -0.39 is 0 Å². The third-order valence-electron chi connectivity index (χ3n) is 5.63. The minimum Gasteiger partial charge on any atom is -0.353 e. The molecule has 0 saturated heterocycles. The molecule has 0 radical (unpaired) electrons. The smallest absolute Gasteiger partial charge is 0.231 e. The average molecular weight is 366 g/mol. The lowest BCUT2D eigenvalue weighted by molar-refractivity contribution is -0.123. The number of nitrogens with zero attached hydrogens (tertiary/aromatic N) is 7. The van der Waals surface area contributed by atoms with Crippen molar-refractivity contribution < 1.29 is 4.79 Å². The van der Waals surface area contributed by atoms with Crippen LogP contribution in [-0.4, -0.2) is 47.9 Å². The predicted octanol–water partition coefficient (Wildman–Crippen LogP) is 1.02. The minimum absolute atomic E-state index is 0.0850. The van der Waals surface area contributed by atoms with Gasteiger partial charge in [-0.1, -0.05) is 12.8 Å². The topological polar surface area (TPSA) is 93.2 Å². The number of nitrogens with one attached hydrogen (secondary N) is 1. The Hall–Kier alpha value is -2.97. The Morgan fingerprint density at radius 1 is 1.22 bits per heavy atom. The molecule has 27 heavy (non-hydrogen) atoms. The number of anilines is 1. The van der Waals surface area contributed by atoms with E-state index in [2.05, 4.69) is 30.5 Å². The van der Waals surface area contributed by atoms with Crippen molar-refractivity contribution >= 4 is 17.4 Å². The number of carbonyl (C=O) groups excluding carboxylic acids is 1. The summed E-state index contributed by atoms with van der Waals surface area (Å²) in [4.78, 5) is 19.7. The first-order chi connectivity index (χ1) is 13.2. The number of fused-ring (bicyclic) bond motifs is 2. The van der Waals surface area contributed by atoms with Crippen molar-refractivity contribution in [3.8, 4) is 0 Å². The van der Waals surface area contributed by atoms with Crippen molar-refractivity contribution in [2.45, 2.75) is 44.2 Å². The van der Waals surface area contributed by atoms with Crippen LogP contribution >= 0.6 is 0 Å². The first kappa shape index (κ1) is 16.2. The zero-order chi connectivity index (χ0) is 18.4. The van der Waals surface area contributed by atoms with E-state index in [1.165, 1.54) is 12.8 Å². The molecule has 0 spiro atoms. The molecular formula is C18H22N8O. The fourth-order valence-electron chi connectivity index (χ4n) is 4.25. The number of aryl methyl sites for hydroxylation is 1. The maximum Gasteiger partial charge on any atom is 0.231 e. The largest absolute Gasteiger partial charge is 0.353 e. The summed E-state index contributed by atoms with van der Waals surface area (Å²) in [6.07, 6.45) is 7.92. The maximum atomic E-state index is 13.1. The number of imidazole rings is 1. The lowest BCUT2D eigenvalue weighted by Gasteiger charge is -2.33. The monoisotopic (exact) mass is 366 g/mol. The summed E-state index contributed by atoms with van der Waals surface area (Å²) < 4.78 is 3.62. The highest BCUT2D eigenvalue weighted by Crippen LogP contribution is 2.31. The van der Waals surface area contributed by atoms with E-state index in [0.717, 1.165) is 30.0 Å². The molecule has 5 rings (SSSR count). The van der Waals surface area contributed by atoms with Crippen LogP contribution in [0.15, 0.2) is 24.8 Å². The third-order valence-corrected chi connectivity index (χ3v) is 5.63. The lowest BCUT2D eigenvalue weighted by atomic mass is 9.96. The predicted molar refractivity (Wildman–Crippen MR) is 98.2 cm³/mol. The summed E-state index contributed by atoms with van der Waals surface area (Å²) in [5.74, 6) is 0.611. The highest BCUT2D eigenvalue weighted by Gasteiger charge is 2.35. The molecule has 1 amide bonds. The van der Waals surface area contributed by atoms with Gasteiger partial charge in [0.25, 0.3) is 0 Å². The van der Waals surface area contributed by atoms with Gasteiger partial charge in [-0.3, -0.25) is 4.79 Å². The summed E-state index contributed by atoms with van der Waals surface area (Å²) in [5, 5.41) is 15.7. The second-order valence-corrected chi connectivity index (χ2v) is 7.44. The van der Waals surface area contributed by atoms with Gasteiger partial charge in [0.05, 0.1) is 30.2 Å². The number of hydrogen-bond acceptors (Lipinski definition) is 6. The molecule has 4 heterocycles. The Bertz CT molecular complexity index is 986. The normalized spacial score (nSPS) is 20.2. The molecule has 3 aromatic heterocycles. The Kier molecular flexibility index (Phi) is 3.80. The summed E-state index contributed by atoms with van der Waals surface area (Å²) in [7, 11) is 1.96. The summed E-state index contributed by atoms with van der Waals surface area (Å²) in [6.45, 7) is 1.20. The zero-order valence-corrected chi connectivity index (χ0v) is 15.2. The number of hydrogen-bond donors (Lipinski definition) is 1. The van der Waals surface area contributed by atoms with Gasteiger partial charge in [-0.05, 0) is 25.0 Å². The molecule has 9 nitrogen and oxygen atoms in total. The van der Waals surface area contributed by atoms with Gasteiger partial charge in [0.15, 0.2) is 5.65 Å². The van der Waals surface area contributed by atoms with Crippen LogP contribution in [0.5, 0.6) is 0 Å². The van der Waals surface area contributed by atoms with Gasteiger partial charge in [0, 0.05) is 19.6 Å². The van der Waals surface area contributed by atoms with Crippen LogP contribution in [0.3, 0.4) is 0 Å². The second-order valence-electron chi connectivity index (χ2n) is 7.44. The van der Waals surface area contributed by atoms with E-state index in [-0.39, 0.29) is 11.8 Å². The molecule has 0 aromatic carbocycles. The van der Waals surface area contributed by atoms with Crippen LogP contribution in [0.25, 0.3) is 5.65 Å². The fourth-order valence-corrected chi connectivity index (χ4v) is 4.25. The molecule has 1 aliphatic carbocycles. The molecule has 2 aliphatic rings. The lowest BCUT2D eigenvalue weighted by Crippen LogP contribution is -2.44. The van der Waals surface area contributed by atoms with Crippen molar-refractivity contribution in [1.29, 1.82) is 0 Å². The van der Waals surface area contributed by atoms with Crippen LogP contribution in [-0.2, 0) is 18.4 Å². The molecule has 3 aromatic rings. The quantitative estimate of drug-likeness (QED) is 0.744. The highest BCUT2D eigenvalue weighted by atomic mass is 16.2. The van der Waals surface area contributed by atoms with E-state index in [1.54, 1.807) is 17.2 Å². The van der Waals surface area contributed by atoms with Crippen LogP contribution < -0.4 is 10.2 Å². The Balaban J connectivity index is 1.46. The number of carbonyl (C=O) groups is 1. The van der Waals surface area contributed by atoms with Crippen molar-refractivity contribution in [3.63, 3.8) is 0 Å². The van der Waals surface area contributed by atoms with Gasteiger partial charge in [0.1, 0.15) is 12.1 Å². The van der Waals surface area contributed by atoms with Crippen LogP contribution in [0, 0.1) is 0 Å². The second kappa shape index (κ2) is 6.33. The molecule has 1 unspecified atom stereocenters. The molecule has 1 saturated carbocycles. The maximum absolute atomic E-state index is 13.1. The Morgan fingerprint density at radius 2 is 2.07 bits per heavy atom. The summed E-state index contributed by atoms with van der Waals surface area (Å²) in [6, 6.07) is 4.11. The van der Waals surface area contributed by atoms with Gasteiger partial charge in [-0.15, -0.1) is 15.3 Å². The molecule has 9 heteroatoms.